The fourth-order valence-electron chi connectivity index (χ4n) is 5.81. The van der Waals surface area contributed by atoms with E-state index in [0.717, 1.165) is 61.1 Å². The monoisotopic (exact) mass is 451 g/mol. The Morgan fingerprint density at radius 1 is 1.15 bits per heavy atom. The number of likely N-dealkylation sites (tertiary alicyclic amines) is 1. The first-order valence-electron chi connectivity index (χ1n) is 12.0. The number of aliphatic hydroxyl groups is 1. The molecule has 5 nitrogen and oxygen atoms in total. The average molecular weight is 452 g/mol. The molecule has 0 amide bonds. The molecule has 1 aromatic heterocycles. The van der Waals surface area contributed by atoms with Gasteiger partial charge in [-0.25, -0.2) is 9.37 Å². The maximum atomic E-state index is 13.6. The molecule has 2 heterocycles. The van der Waals surface area contributed by atoms with E-state index in [4.69, 9.17) is 9.72 Å². The Hall–Kier alpha value is -2.28. The third-order valence-electron chi connectivity index (χ3n) is 7.34. The second kappa shape index (κ2) is 8.49. The maximum absolute atomic E-state index is 13.6. The van der Waals surface area contributed by atoms with Gasteiger partial charge < -0.3 is 19.3 Å². The Labute approximate surface area is 195 Å². The molecule has 2 aliphatic rings. The number of hydrogen-bond acceptors (Lipinski definition) is 4. The summed E-state index contributed by atoms with van der Waals surface area (Å²) in [6.07, 6.45) is 2.88. The van der Waals surface area contributed by atoms with Gasteiger partial charge in [-0.2, -0.15) is 0 Å². The van der Waals surface area contributed by atoms with Gasteiger partial charge in [0.15, 0.2) is 0 Å². The first kappa shape index (κ1) is 22.5. The molecule has 6 heteroatoms. The van der Waals surface area contributed by atoms with Crippen molar-refractivity contribution in [2.45, 2.75) is 57.8 Å². The molecule has 0 saturated carbocycles. The average Bonchev–Trinajstić information content (AvgIpc) is 3.33. The van der Waals surface area contributed by atoms with E-state index in [1.54, 1.807) is 33.1 Å². The summed E-state index contributed by atoms with van der Waals surface area (Å²) in [7, 11) is 1.78. The second-order valence-corrected chi connectivity index (χ2v) is 10.4. The number of hydrogen-bond donors (Lipinski definition) is 1. The van der Waals surface area contributed by atoms with Crippen LogP contribution >= 0.6 is 0 Å². The number of piperidine rings is 1. The lowest BCUT2D eigenvalue weighted by molar-refractivity contribution is -0.0152. The second-order valence-electron chi connectivity index (χ2n) is 10.4. The number of fused-ring (bicyclic) bond motifs is 2. The zero-order valence-electron chi connectivity index (χ0n) is 20.0. The minimum atomic E-state index is -1.05. The topological polar surface area (TPSA) is 50.5 Å². The van der Waals surface area contributed by atoms with Crippen molar-refractivity contribution in [2.24, 2.45) is 5.92 Å². The summed E-state index contributed by atoms with van der Waals surface area (Å²) in [5.74, 6) is 1.07. The molecule has 1 aliphatic heterocycles. The Morgan fingerprint density at radius 2 is 1.94 bits per heavy atom. The molecule has 0 bridgehead atoms. The van der Waals surface area contributed by atoms with Crippen molar-refractivity contribution in [3.05, 3.63) is 64.7 Å². The van der Waals surface area contributed by atoms with Crippen LogP contribution in [0.25, 0.3) is 11.0 Å². The normalized spacial score (nSPS) is 23.9. The minimum Gasteiger partial charge on any atom is -0.383 e. The van der Waals surface area contributed by atoms with Gasteiger partial charge in [-0.05, 0) is 86.9 Å². The molecular formula is C27H34FN3O2. The van der Waals surface area contributed by atoms with Gasteiger partial charge in [0.1, 0.15) is 17.2 Å². The largest absolute Gasteiger partial charge is 0.383 e. The SMILES string of the molecule is CO[C@@H]1CN(C[C@@H]2Cc3ccc(F)cc3C2)CC[C@H]1n1c(C(C)(C)O)nc2cc(C)ccc21. The van der Waals surface area contributed by atoms with Crippen LogP contribution < -0.4 is 0 Å². The number of ether oxygens (including phenoxy) is 1. The predicted molar refractivity (Wildman–Crippen MR) is 128 cm³/mol. The van der Waals surface area contributed by atoms with E-state index in [9.17, 15) is 9.50 Å². The van der Waals surface area contributed by atoms with E-state index >= 15 is 0 Å². The van der Waals surface area contributed by atoms with Gasteiger partial charge in [0.25, 0.3) is 0 Å². The van der Waals surface area contributed by atoms with Gasteiger partial charge in [0.05, 0.1) is 23.2 Å². The van der Waals surface area contributed by atoms with E-state index in [0.29, 0.717) is 11.7 Å². The summed E-state index contributed by atoms with van der Waals surface area (Å²) in [5.41, 5.74) is 4.52. The first-order chi connectivity index (χ1) is 15.7. The number of imidazole rings is 1. The number of aryl methyl sites for hydroxylation is 1. The number of halogens is 1. The lowest BCUT2D eigenvalue weighted by Gasteiger charge is -2.40. The van der Waals surface area contributed by atoms with Gasteiger partial charge in [-0.3, -0.25) is 0 Å². The van der Waals surface area contributed by atoms with Crippen LogP contribution in [0.15, 0.2) is 36.4 Å². The van der Waals surface area contributed by atoms with Crippen LogP contribution in [0, 0.1) is 18.7 Å². The number of benzene rings is 2. The van der Waals surface area contributed by atoms with E-state index in [1.807, 2.05) is 6.07 Å². The van der Waals surface area contributed by atoms with E-state index in [1.165, 1.54) is 5.56 Å². The van der Waals surface area contributed by atoms with Crippen LogP contribution in [0.4, 0.5) is 4.39 Å². The van der Waals surface area contributed by atoms with Crippen LogP contribution in [0.2, 0.25) is 0 Å². The standard InChI is InChI=1S/C27H34FN3O2/c1-17-5-8-23-22(11-17)29-26(27(2,3)32)31(23)24-9-10-30(16-25(24)33-4)15-18-12-19-6-7-21(28)14-20(19)13-18/h5-8,11,14,18,24-25,32H,9-10,12-13,15-16H2,1-4H3/t18-,24-,25-/m1/s1. The van der Waals surface area contributed by atoms with Crippen LogP contribution in [-0.2, 0) is 23.2 Å². The molecule has 1 saturated heterocycles. The highest BCUT2D eigenvalue weighted by Gasteiger charge is 2.37. The van der Waals surface area contributed by atoms with Crippen LogP contribution in [0.5, 0.6) is 0 Å². The molecule has 1 fully saturated rings. The molecule has 3 aromatic rings. The number of methoxy groups -OCH3 is 1. The minimum absolute atomic E-state index is 0.000208. The summed E-state index contributed by atoms with van der Waals surface area (Å²) in [5, 5.41) is 10.9. The van der Waals surface area contributed by atoms with Crippen LogP contribution in [0.1, 0.15) is 48.8 Å². The third-order valence-corrected chi connectivity index (χ3v) is 7.34. The van der Waals surface area contributed by atoms with E-state index < -0.39 is 5.60 Å². The van der Waals surface area contributed by atoms with E-state index in [-0.39, 0.29) is 18.0 Å². The zero-order chi connectivity index (χ0) is 23.3. The van der Waals surface area contributed by atoms with Gasteiger partial charge in [0, 0.05) is 26.7 Å². The van der Waals surface area contributed by atoms with Crippen molar-refractivity contribution in [2.75, 3.05) is 26.7 Å². The lowest BCUT2D eigenvalue weighted by atomic mass is 9.97. The maximum Gasteiger partial charge on any atom is 0.141 e. The van der Waals surface area contributed by atoms with Crippen molar-refractivity contribution in [1.29, 1.82) is 0 Å². The highest BCUT2D eigenvalue weighted by molar-refractivity contribution is 5.77. The summed E-state index contributed by atoms with van der Waals surface area (Å²) in [6.45, 7) is 8.45. The van der Waals surface area contributed by atoms with Crippen molar-refractivity contribution in [3.63, 3.8) is 0 Å². The van der Waals surface area contributed by atoms with Crippen molar-refractivity contribution >= 4 is 11.0 Å². The summed E-state index contributed by atoms with van der Waals surface area (Å²) in [4.78, 5) is 7.32. The molecule has 0 unspecified atom stereocenters. The fraction of sp³-hybridized carbons (Fsp3) is 0.519. The number of rotatable bonds is 5. The summed E-state index contributed by atoms with van der Waals surface area (Å²) >= 11 is 0. The molecule has 1 N–H and O–H groups in total. The highest BCUT2D eigenvalue weighted by atomic mass is 19.1. The van der Waals surface area contributed by atoms with Gasteiger partial charge in [0.2, 0.25) is 0 Å². The molecule has 0 radical (unpaired) electrons. The Kier molecular flexibility index (Phi) is 5.79. The molecule has 2 aromatic carbocycles. The van der Waals surface area contributed by atoms with E-state index in [2.05, 4.69) is 34.6 Å². The molecule has 33 heavy (non-hydrogen) atoms. The van der Waals surface area contributed by atoms with Gasteiger partial charge in [-0.1, -0.05) is 12.1 Å². The smallest absolute Gasteiger partial charge is 0.141 e. The van der Waals surface area contributed by atoms with Crippen molar-refractivity contribution in [1.82, 2.24) is 14.5 Å². The quantitative estimate of drug-likeness (QED) is 0.625. The Morgan fingerprint density at radius 3 is 2.70 bits per heavy atom. The Balaban J connectivity index is 1.36. The zero-order valence-corrected chi connectivity index (χ0v) is 20.0. The van der Waals surface area contributed by atoms with Crippen molar-refractivity contribution < 1.29 is 14.2 Å². The molecule has 0 spiro atoms. The van der Waals surface area contributed by atoms with Gasteiger partial charge in [-0.15, -0.1) is 0 Å². The number of aromatic nitrogens is 2. The first-order valence-corrected chi connectivity index (χ1v) is 12.0. The van der Waals surface area contributed by atoms with Crippen molar-refractivity contribution in [3.8, 4) is 0 Å². The fourth-order valence-corrected chi connectivity index (χ4v) is 5.81. The molecule has 176 valence electrons. The molecule has 5 rings (SSSR count). The third kappa shape index (κ3) is 4.32. The molecule has 1 aliphatic carbocycles. The number of nitrogens with zero attached hydrogens (tertiary/aromatic N) is 3. The highest BCUT2D eigenvalue weighted by Crippen LogP contribution is 2.35. The summed E-state index contributed by atoms with van der Waals surface area (Å²) in [6, 6.07) is 11.6. The molecule has 3 atom stereocenters. The molecular weight excluding hydrogens is 417 g/mol. The lowest BCUT2D eigenvalue weighted by Crippen LogP contribution is -2.47. The van der Waals surface area contributed by atoms with Gasteiger partial charge >= 0.3 is 0 Å². The summed E-state index contributed by atoms with van der Waals surface area (Å²) < 4.78 is 21.9. The van der Waals surface area contributed by atoms with Crippen LogP contribution in [-0.4, -0.2) is 52.4 Å². The Bertz CT molecular complexity index is 1170. The van der Waals surface area contributed by atoms with Crippen LogP contribution in [0.3, 0.4) is 0 Å². The predicted octanol–water partition coefficient (Wildman–Crippen LogP) is 4.39.